The van der Waals surface area contributed by atoms with Crippen molar-refractivity contribution in [1.29, 1.82) is 0 Å². The minimum atomic E-state index is -0.990. The summed E-state index contributed by atoms with van der Waals surface area (Å²) in [6.07, 6.45) is 0. The summed E-state index contributed by atoms with van der Waals surface area (Å²) in [4.78, 5) is 10.6. The highest BCUT2D eigenvalue weighted by Crippen LogP contribution is 2.22. The van der Waals surface area contributed by atoms with Crippen molar-refractivity contribution in [2.45, 2.75) is 18.7 Å². The highest BCUT2D eigenvalue weighted by atomic mass is 32.2. The molecule has 0 fully saturated rings. The summed E-state index contributed by atoms with van der Waals surface area (Å²) in [5.74, 6) is 0.619. The Labute approximate surface area is 121 Å². The van der Waals surface area contributed by atoms with Crippen LogP contribution in [0.5, 0.6) is 0 Å². The zero-order chi connectivity index (χ0) is 14.5. The van der Waals surface area contributed by atoms with Crippen molar-refractivity contribution in [1.82, 2.24) is 5.16 Å². The van der Waals surface area contributed by atoms with Gasteiger partial charge in [-0.15, -0.1) is 0 Å². The minimum Gasteiger partial charge on any atom is -0.480 e. The Kier molecular flexibility index (Phi) is 4.81. The molecule has 0 bridgehead atoms. The molecule has 106 valence electrons. The second-order valence-electron chi connectivity index (χ2n) is 4.50. The van der Waals surface area contributed by atoms with E-state index in [2.05, 4.69) is 5.16 Å². The maximum atomic E-state index is 10.6. The molecular weight excluding hydrogens is 276 g/mol. The van der Waals surface area contributed by atoms with Crippen molar-refractivity contribution in [3.05, 3.63) is 41.7 Å². The SMILES string of the molecule is Cc1ccc(-c2cc(CSC[C@@H](N)C(=O)O)on2)cc1. The first kappa shape index (κ1) is 14.6. The molecule has 3 N–H and O–H groups in total. The van der Waals surface area contributed by atoms with Gasteiger partial charge in [0, 0.05) is 17.4 Å². The molecular formula is C14H16N2O3S. The number of aromatic nitrogens is 1. The number of hydrogen-bond acceptors (Lipinski definition) is 5. The summed E-state index contributed by atoms with van der Waals surface area (Å²) >= 11 is 1.41. The summed E-state index contributed by atoms with van der Waals surface area (Å²) in [7, 11) is 0. The van der Waals surface area contributed by atoms with Crippen LogP contribution in [-0.2, 0) is 10.5 Å². The number of carboxylic acid groups (broad SMARTS) is 1. The van der Waals surface area contributed by atoms with E-state index in [4.69, 9.17) is 15.4 Å². The first-order valence-electron chi connectivity index (χ1n) is 6.15. The number of carbonyl (C=O) groups is 1. The van der Waals surface area contributed by atoms with Crippen LogP contribution in [0.3, 0.4) is 0 Å². The van der Waals surface area contributed by atoms with E-state index < -0.39 is 12.0 Å². The maximum absolute atomic E-state index is 10.6. The van der Waals surface area contributed by atoms with E-state index in [-0.39, 0.29) is 0 Å². The lowest BCUT2D eigenvalue weighted by Crippen LogP contribution is -2.32. The van der Waals surface area contributed by atoms with E-state index in [0.717, 1.165) is 11.3 Å². The monoisotopic (exact) mass is 292 g/mol. The molecule has 2 aromatic rings. The van der Waals surface area contributed by atoms with Crippen LogP contribution in [0.1, 0.15) is 11.3 Å². The topological polar surface area (TPSA) is 89.4 Å². The molecule has 5 nitrogen and oxygen atoms in total. The quantitative estimate of drug-likeness (QED) is 0.849. The predicted molar refractivity (Wildman–Crippen MR) is 78.4 cm³/mol. The number of thioether (sulfide) groups is 1. The van der Waals surface area contributed by atoms with Gasteiger partial charge in [-0.25, -0.2) is 0 Å². The van der Waals surface area contributed by atoms with Crippen molar-refractivity contribution in [2.24, 2.45) is 5.73 Å². The third kappa shape index (κ3) is 3.85. The van der Waals surface area contributed by atoms with Crippen LogP contribution < -0.4 is 5.73 Å². The van der Waals surface area contributed by atoms with E-state index in [1.165, 1.54) is 17.3 Å². The van der Waals surface area contributed by atoms with Gasteiger partial charge in [0.25, 0.3) is 0 Å². The van der Waals surface area contributed by atoms with Crippen molar-refractivity contribution in [2.75, 3.05) is 5.75 Å². The van der Waals surface area contributed by atoms with Gasteiger partial charge in [-0.3, -0.25) is 4.79 Å². The Bertz CT molecular complexity index is 580. The summed E-state index contributed by atoms with van der Waals surface area (Å²) in [5, 5.41) is 12.7. The lowest BCUT2D eigenvalue weighted by atomic mass is 10.1. The van der Waals surface area contributed by atoms with Gasteiger partial charge >= 0.3 is 5.97 Å². The Morgan fingerprint density at radius 3 is 2.80 bits per heavy atom. The Morgan fingerprint density at radius 1 is 1.45 bits per heavy atom. The Hall–Kier alpha value is -1.79. The number of hydrogen-bond donors (Lipinski definition) is 2. The van der Waals surface area contributed by atoms with Crippen LogP contribution in [0.25, 0.3) is 11.3 Å². The number of aliphatic carboxylic acids is 1. The summed E-state index contributed by atoms with van der Waals surface area (Å²) in [6, 6.07) is 9.03. The van der Waals surface area contributed by atoms with Crippen LogP contribution in [0, 0.1) is 6.92 Å². The van der Waals surface area contributed by atoms with Crippen molar-refractivity contribution in [3.8, 4) is 11.3 Å². The van der Waals surface area contributed by atoms with Gasteiger partial charge in [-0.1, -0.05) is 35.0 Å². The molecule has 0 amide bonds. The van der Waals surface area contributed by atoms with Crippen molar-refractivity contribution >= 4 is 17.7 Å². The maximum Gasteiger partial charge on any atom is 0.321 e. The number of nitrogens with two attached hydrogens (primary N) is 1. The Balaban J connectivity index is 1.92. The average Bonchev–Trinajstić information content (AvgIpc) is 2.88. The highest BCUT2D eigenvalue weighted by molar-refractivity contribution is 7.98. The third-order valence-electron chi connectivity index (χ3n) is 2.77. The van der Waals surface area contributed by atoms with Crippen LogP contribution in [0.4, 0.5) is 0 Å². The molecule has 1 heterocycles. The molecule has 1 atom stereocenters. The molecule has 0 saturated carbocycles. The number of benzene rings is 1. The van der Waals surface area contributed by atoms with Crippen LogP contribution >= 0.6 is 11.8 Å². The second kappa shape index (κ2) is 6.58. The number of rotatable bonds is 6. The van der Waals surface area contributed by atoms with E-state index in [1.54, 1.807) is 0 Å². The fraction of sp³-hybridized carbons (Fsp3) is 0.286. The van der Waals surface area contributed by atoms with E-state index >= 15 is 0 Å². The first-order valence-corrected chi connectivity index (χ1v) is 7.30. The molecule has 6 heteroatoms. The normalized spacial score (nSPS) is 12.3. The molecule has 0 aliphatic rings. The molecule has 0 aliphatic heterocycles. The lowest BCUT2D eigenvalue weighted by Gasteiger charge is -2.03. The van der Waals surface area contributed by atoms with Crippen LogP contribution in [0.2, 0.25) is 0 Å². The van der Waals surface area contributed by atoms with Crippen LogP contribution in [-0.4, -0.2) is 28.0 Å². The van der Waals surface area contributed by atoms with E-state index in [0.29, 0.717) is 17.3 Å². The average molecular weight is 292 g/mol. The molecule has 0 saturated heterocycles. The van der Waals surface area contributed by atoms with Gasteiger partial charge in [0.15, 0.2) is 0 Å². The molecule has 20 heavy (non-hydrogen) atoms. The lowest BCUT2D eigenvalue weighted by molar-refractivity contribution is -0.137. The van der Waals surface area contributed by atoms with Crippen molar-refractivity contribution in [3.63, 3.8) is 0 Å². The standard InChI is InChI=1S/C14H16N2O3S/c1-9-2-4-10(5-3-9)13-6-11(19-16-13)7-20-8-12(15)14(17)18/h2-6,12H,7-8,15H2,1H3,(H,17,18)/t12-/m1/s1. The fourth-order valence-corrected chi connectivity index (χ4v) is 2.45. The predicted octanol–water partition coefficient (Wildman–Crippen LogP) is 2.30. The summed E-state index contributed by atoms with van der Waals surface area (Å²) < 4.78 is 5.23. The zero-order valence-corrected chi connectivity index (χ0v) is 11.9. The number of carboxylic acids is 1. The summed E-state index contributed by atoms with van der Waals surface area (Å²) in [6.45, 7) is 2.03. The third-order valence-corrected chi connectivity index (χ3v) is 3.85. The van der Waals surface area contributed by atoms with Crippen LogP contribution in [0.15, 0.2) is 34.9 Å². The largest absolute Gasteiger partial charge is 0.480 e. The molecule has 0 spiro atoms. The van der Waals surface area contributed by atoms with Crippen molar-refractivity contribution < 1.29 is 14.4 Å². The molecule has 0 radical (unpaired) electrons. The Morgan fingerprint density at radius 2 is 2.15 bits per heavy atom. The highest BCUT2D eigenvalue weighted by Gasteiger charge is 2.12. The fourth-order valence-electron chi connectivity index (χ4n) is 1.60. The zero-order valence-electron chi connectivity index (χ0n) is 11.1. The number of aryl methyl sites for hydroxylation is 1. The van der Waals surface area contributed by atoms with Gasteiger partial charge < -0.3 is 15.4 Å². The number of nitrogens with zero attached hydrogens (tertiary/aromatic N) is 1. The minimum absolute atomic E-state index is 0.343. The van der Waals surface area contributed by atoms with E-state index in [9.17, 15) is 4.79 Å². The molecule has 0 unspecified atom stereocenters. The first-order chi connectivity index (χ1) is 9.56. The van der Waals surface area contributed by atoms with Gasteiger partial charge in [-0.05, 0) is 6.92 Å². The van der Waals surface area contributed by atoms with Gasteiger partial charge in [-0.2, -0.15) is 11.8 Å². The summed E-state index contributed by atoms with van der Waals surface area (Å²) in [5.41, 5.74) is 8.39. The van der Waals surface area contributed by atoms with E-state index in [1.807, 2.05) is 37.3 Å². The molecule has 1 aromatic heterocycles. The van der Waals surface area contributed by atoms with Gasteiger partial charge in [0.05, 0.1) is 5.75 Å². The molecule has 1 aromatic carbocycles. The molecule has 0 aliphatic carbocycles. The molecule has 2 rings (SSSR count). The smallest absolute Gasteiger partial charge is 0.321 e. The van der Waals surface area contributed by atoms with Gasteiger partial charge in [0.1, 0.15) is 17.5 Å². The second-order valence-corrected chi connectivity index (χ2v) is 5.53. The van der Waals surface area contributed by atoms with Gasteiger partial charge in [0.2, 0.25) is 0 Å².